The number of nitrogens with zero attached hydrogens (tertiary/aromatic N) is 1. The van der Waals surface area contributed by atoms with Crippen LogP contribution in [0.4, 0.5) is 0 Å². The van der Waals surface area contributed by atoms with Crippen molar-refractivity contribution in [1.29, 1.82) is 0 Å². The van der Waals surface area contributed by atoms with E-state index in [9.17, 15) is 9.59 Å². The highest BCUT2D eigenvalue weighted by atomic mass is 16.7. The van der Waals surface area contributed by atoms with Gasteiger partial charge in [-0.3, -0.25) is 14.4 Å². The Balaban J connectivity index is 2.07. The van der Waals surface area contributed by atoms with E-state index in [0.29, 0.717) is 17.9 Å². The Morgan fingerprint density at radius 1 is 1.19 bits per heavy atom. The third-order valence-electron chi connectivity index (χ3n) is 5.84. The van der Waals surface area contributed by atoms with Crippen LogP contribution in [-0.2, 0) is 23.9 Å². The maximum Gasteiger partial charge on any atom is 0.316 e. The monoisotopic (exact) mass is 429 g/mol. The average Bonchev–Trinajstić information content (AvgIpc) is 3.20. The van der Waals surface area contributed by atoms with Crippen LogP contribution in [0.3, 0.4) is 0 Å². The minimum absolute atomic E-state index is 0.0314. The first-order chi connectivity index (χ1) is 14.3. The molecule has 1 fully saturated rings. The first-order valence-electron chi connectivity index (χ1n) is 11.0. The van der Waals surface area contributed by atoms with Gasteiger partial charge in [0.2, 0.25) is 0 Å². The minimum Gasteiger partial charge on any atom is -0.427 e. The summed E-state index contributed by atoms with van der Waals surface area (Å²) in [5, 5.41) is 1.36. The summed E-state index contributed by atoms with van der Waals surface area (Å²) in [6, 6.07) is 4.07. The van der Waals surface area contributed by atoms with Gasteiger partial charge in [-0.25, -0.2) is 5.06 Å². The molecule has 1 aromatic carbocycles. The fourth-order valence-corrected chi connectivity index (χ4v) is 4.22. The standard InChI is InChI=1S/C25H35NO5/c1-15-12-16(2)19(17(3)13-15)20-21(31-23(28)24(4,5)6)25(7,8)26(22(20)27)30-14-18-10-9-11-29-18/h12-13,18H,9-11,14H2,1-8H3. The van der Waals surface area contributed by atoms with Gasteiger partial charge in [-0.1, -0.05) is 17.7 Å². The Kier molecular flexibility index (Phi) is 6.36. The zero-order valence-corrected chi connectivity index (χ0v) is 20.0. The number of benzene rings is 1. The molecule has 1 amide bonds. The lowest BCUT2D eigenvalue weighted by molar-refractivity contribution is -0.215. The van der Waals surface area contributed by atoms with Crippen LogP contribution in [0, 0.1) is 26.2 Å². The number of carbonyl (C=O) groups is 2. The molecule has 0 spiro atoms. The van der Waals surface area contributed by atoms with E-state index in [1.807, 2.05) is 46.8 Å². The van der Waals surface area contributed by atoms with Gasteiger partial charge in [0.1, 0.15) is 17.9 Å². The smallest absolute Gasteiger partial charge is 0.316 e. The lowest BCUT2D eigenvalue weighted by Crippen LogP contribution is -2.45. The van der Waals surface area contributed by atoms with Crippen LogP contribution in [-0.4, -0.2) is 41.8 Å². The number of hydroxylamine groups is 2. The van der Waals surface area contributed by atoms with Gasteiger partial charge < -0.3 is 9.47 Å². The molecule has 0 aliphatic carbocycles. The Bertz CT molecular complexity index is 893. The van der Waals surface area contributed by atoms with Gasteiger partial charge in [-0.15, -0.1) is 0 Å². The van der Waals surface area contributed by atoms with Crippen molar-refractivity contribution in [3.63, 3.8) is 0 Å². The van der Waals surface area contributed by atoms with Crippen molar-refractivity contribution in [3.8, 4) is 0 Å². The van der Waals surface area contributed by atoms with E-state index in [2.05, 4.69) is 0 Å². The predicted molar refractivity (Wildman–Crippen MR) is 119 cm³/mol. The summed E-state index contributed by atoms with van der Waals surface area (Å²) >= 11 is 0. The fraction of sp³-hybridized carbons (Fsp3) is 0.600. The van der Waals surface area contributed by atoms with Crippen LogP contribution in [0.2, 0.25) is 0 Å². The summed E-state index contributed by atoms with van der Waals surface area (Å²) < 4.78 is 11.6. The van der Waals surface area contributed by atoms with Gasteiger partial charge in [0.05, 0.1) is 17.1 Å². The molecule has 2 heterocycles. The number of hydrogen-bond donors (Lipinski definition) is 0. The molecule has 1 unspecified atom stereocenters. The summed E-state index contributed by atoms with van der Waals surface area (Å²) in [5.74, 6) is -0.348. The fourth-order valence-electron chi connectivity index (χ4n) is 4.22. The molecule has 0 aromatic heterocycles. The van der Waals surface area contributed by atoms with Crippen LogP contribution < -0.4 is 0 Å². The van der Waals surface area contributed by atoms with Crippen LogP contribution in [0.5, 0.6) is 0 Å². The molecule has 1 saturated heterocycles. The summed E-state index contributed by atoms with van der Waals surface area (Å²) in [5.41, 5.74) is 2.57. The maximum atomic E-state index is 13.7. The second-order valence-electron chi connectivity index (χ2n) is 10.2. The Labute approximate surface area is 185 Å². The molecule has 6 heteroatoms. The Hall–Kier alpha value is -2.18. The molecule has 1 aromatic rings. The Morgan fingerprint density at radius 2 is 1.81 bits per heavy atom. The number of rotatable bonds is 5. The molecule has 1 atom stereocenters. The summed E-state index contributed by atoms with van der Waals surface area (Å²) in [4.78, 5) is 32.5. The topological polar surface area (TPSA) is 65.1 Å². The maximum absolute atomic E-state index is 13.7. The molecule has 0 radical (unpaired) electrons. The van der Waals surface area contributed by atoms with Crippen LogP contribution >= 0.6 is 0 Å². The van der Waals surface area contributed by atoms with Gasteiger partial charge in [0.25, 0.3) is 5.91 Å². The number of hydrogen-bond acceptors (Lipinski definition) is 5. The normalized spacial score (nSPS) is 21.2. The molecule has 0 saturated carbocycles. The largest absolute Gasteiger partial charge is 0.427 e. The van der Waals surface area contributed by atoms with Gasteiger partial charge in [-0.05, 0) is 84.9 Å². The highest BCUT2D eigenvalue weighted by molar-refractivity contribution is 6.23. The number of carbonyl (C=O) groups excluding carboxylic acids is 2. The number of ether oxygens (including phenoxy) is 2. The zero-order valence-electron chi connectivity index (χ0n) is 20.0. The minimum atomic E-state index is -0.949. The van der Waals surface area contributed by atoms with Gasteiger partial charge in [-0.2, -0.15) is 0 Å². The van der Waals surface area contributed by atoms with Gasteiger partial charge in [0.15, 0.2) is 0 Å². The van der Waals surface area contributed by atoms with Crippen molar-refractivity contribution in [2.45, 2.75) is 79.9 Å². The molecule has 0 bridgehead atoms. The third-order valence-corrected chi connectivity index (χ3v) is 5.84. The molecule has 2 aliphatic rings. The summed E-state index contributed by atoms with van der Waals surface area (Å²) in [6.07, 6.45) is 1.87. The summed E-state index contributed by atoms with van der Waals surface area (Å²) in [7, 11) is 0. The van der Waals surface area contributed by atoms with Crippen molar-refractivity contribution in [2.24, 2.45) is 5.41 Å². The lowest BCUT2D eigenvalue weighted by Gasteiger charge is -2.33. The first-order valence-corrected chi connectivity index (χ1v) is 11.0. The van der Waals surface area contributed by atoms with E-state index < -0.39 is 11.0 Å². The molecule has 0 N–H and O–H groups in total. The molecule has 6 nitrogen and oxygen atoms in total. The highest BCUT2D eigenvalue weighted by Crippen LogP contribution is 2.43. The molecular formula is C25H35NO5. The van der Waals surface area contributed by atoms with E-state index in [4.69, 9.17) is 14.3 Å². The number of esters is 1. The van der Waals surface area contributed by atoms with E-state index in [1.165, 1.54) is 5.06 Å². The third kappa shape index (κ3) is 4.55. The van der Waals surface area contributed by atoms with E-state index in [-0.39, 0.29) is 24.6 Å². The zero-order chi connectivity index (χ0) is 23.1. The number of aryl methyl sites for hydroxylation is 3. The second kappa shape index (κ2) is 8.40. The molecular weight excluding hydrogens is 394 g/mol. The first kappa shape index (κ1) is 23.5. The van der Waals surface area contributed by atoms with Crippen molar-refractivity contribution in [1.82, 2.24) is 5.06 Å². The van der Waals surface area contributed by atoms with Crippen molar-refractivity contribution < 1.29 is 23.9 Å². The average molecular weight is 430 g/mol. The molecule has 170 valence electrons. The van der Waals surface area contributed by atoms with E-state index in [0.717, 1.165) is 35.1 Å². The quantitative estimate of drug-likeness (QED) is 0.638. The predicted octanol–water partition coefficient (Wildman–Crippen LogP) is 4.64. The molecule has 3 rings (SSSR count). The van der Waals surface area contributed by atoms with Crippen LogP contribution in [0.25, 0.3) is 5.57 Å². The summed E-state index contributed by atoms with van der Waals surface area (Å²) in [6.45, 7) is 16.1. The van der Waals surface area contributed by atoms with Gasteiger partial charge in [0, 0.05) is 6.61 Å². The van der Waals surface area contributed by atoms with E-state index in [1.54, 1.807) is 20.8 Å². The second-order valence-corrected chi connectivity index (χ2v) is 10.2. The SMILES string of the molecule is Cc1cc(C)c(C2=C(OC(=O)C(C)(C)C)C(C)(C)N(OCC3CCCO3)C2=O)c(C)c1. The Morgan fingerprint density at radius 3 is 2.32 bits per heavy atom. The molecule has 31 heavy (non-hydrogen) atoms. The van der Waals surface area contributed by atoms with Crippen molar-refractivity contribution >= 4 is 17.4 Å². The number of amides is 1. The van der Waals surface area contributed by atoms with Crippen molar-refractivity contribution in [2.75, 3.05) is 13.2 Å². The van der Waals surface area contributed by atoms with Gasteiger partial charge >= 0.3 is 5.97 Å². The van der Waals surface area contributed by atoms with Crippen molar-refractivity contribution in [3.05, 3.63) is 40.1 Å². The lowest BCUT2D eigenvalue weighted by atomic mass is 9.91. The van der Waals surface area contributed by atoms with Crippen LogP contribution in [0.1, 0.15) is 69.7 Å². The molecule has 2 aliphatic heterocycles. The van der Waals surface area contributed by atoms with E-state index >= 15 is 0 Å². The highest BCUT2D eigenvalue weighted by Gasteiger charge is 2.51. The van der Waals surface area contributed by atoms with Crippen LogP contribution in [0.15, 0.2) is 17.9 Å².